The van der Waals surface area contributed by atoms with Crippen molar-refractivity contribution in [3.63, 3.8) is 0 Å². The lowest BCUT2D eigenvalue weighted by atomic mass is 9.95. The van der Waals surface area contributed by atoms with Crippen LogP contribution in [0.2, 0.25) is 0 Å². The highest BCUT2D eigenvalue weighted by Crippen LogP contribution is 2.23. The second kappa shape index (κ2) is 5.92. The van der Waals surface area contributed by atoms with Crippen LogP contribution in [0.1, 0.15) is 19.4 Å². The van der Waals surface area contributed by atoms with Gasteiger partial charge in [0.1, 0.15) is 5.75 Å². The van der Waals surface area contributed by atoms with Gasteiger partial charge in [-0.1, -0.05) is 12.1 Å². The van der Waals surface area contributed by atoms with Gasteiger partial charge in [0.2, 0.25) is 0 Å². The molecule has 4 nitrogen and oxygen atoms in total. The van der Waals surface area contributed by atoms with Crippen molar-refractivity contribution >= 4 is 9.84 Å². The van der Waals surface area contributed by atoms with Gasteiger partial charge in [0, 0.05) is 12.3 Å². The van der Waals surface area contributed by atoms with Gasteiger partial charge in [-0.3, -0.25) is 0 Å². The van der Waals surface area contributed by atoms with Crippen molar-refractivity contribution in [3.05, 3.63) is 29.8 Å². The lowest BCUT2D eigenvalue weighted by Gasteiger charge is -2.32. The van der Waals surface area contributed by atoms with E-state index in [0.29, 0.717) is 6.42 Å². The van der Waals surface area contributed by atoms with E-state index >= 15 is 0 Å². The van der Waals surface area contributed by atoms with Gasteiger partial charge in [-0.05, 0) is 45.0 Å². The Hall–Kier alpha value is -1.07. The number of likely N-dealkylation sites (N-methyl/N-ethyl adjacent to an activating group) is 1. The zero-order chi connectivity index (χ0) is 14.7. The molecule has 0 bridgehead atoms. The molecule has 1 aromatic rings. The predicted octanol–water partition coefficient (Wildman–Crippen LogP) is 1.65. The lowest BCUT2D eigenvalue weighted by molar-refractivity contribution is 0.413. The summed E-state index contributed by atoms with van der Waals surface area (Å²) in [6, 6.07) is 7.55. The van der Waals surface area contributed by atoms with Gasteiger partial charge in [0.15, 0.2) is 9.84 Å². The Bertz CT molecular complexity index is 506. The zero-order valence-electron chi connectivity index (χ0n) is 12.2. The molecule has 5 heteroatoms. The fourth-order valence-corrected chi connectivity index (χ4v) is 2.67. The van der Waals surface area contributed by atoms with Crippen molar-refractivity contribution in [2.75, 3.05) is 20.4 Å². The van der Waals surface area contributed by atoms with E-state index < -0.39 is 14.6 Å². The monoisotopic (exact) mass is 285 g/mol. The highest BCUT2D eigenvalue weighted by Gasteiger charge is 2.38. The number of hydrogen-bond acceptors (Lipinski definition) is 4. The Balaban J connectivity index is 2.93. The summed E-state index contributed by atoms with van der Waals surface area (Å²) < 4.78 is 28.1. The van der Waals surface area contributed by atoms with Gasteiger partial charge in [-0.25, -0.2) is 8.42 Å². The molecule has 0 fully saturated rings. The quantitative estimate of drug-likeness (QED) is 0.863. The Morgan fingerprint density at radius 3 is 2.16 bits per heavy atom. The summed E-state index contributed by atoms with van der Waals surface area (Å²) in [7, 11) is 0.282. The lowest BCUT2D eigenvalue weighted by Crippen LogP contribution is -2.51. The minimum atomic E-state index is -3.13. The molecule has 0 saturated heterocycles. The van der Waals surface area contributed by atoms with Crippen molar-refractivity contribution in [2.45, 2.75) is 31.1 Å². The summed E-state index contributed by atoms with van der Waals surface area (Å²) in [5.74, 6) is 0.798. The number of rotatable bonds is 6. The molecule has 19 heavy (non-hydrogen) atoms. The van der Waals surface area contributed by atoms with Crippen LogP contribution in [0.4, 0.5) is 0 Å². The first-order chi connectivity index (χ1) is 8.72. The highest BCUT2D eigenvalue weighted by atomic mass is 32.2. The van der Waals surface area contributed by atoms with Gasteiger partial charge in [-0.2, -0.15) is 0 Å². The van der Waals surface area contributed by atoms with E-state index in [-0.39, 0.29) is 6.04 Å². The highest BCUT2D eigenvalue weighted by molar-refractivity contribution is 7.92. The molecular formula is C14H23NO3S. The van der Waals surface area contributed by atoms with E-state index in [4.69, 9.17) is 4.74 Å². The van der Waals surface area contributed by atoms with Crippen molar-refractivity contribution in [1.29, 1.82) is 0 Å². The number of benzene rings is 1. The van der Waals surface area contributed by atoms with E-state index in [1.165, 1.54) is 6.26 Å². The van der Waals surface area contributed by atoms with Crippen LogP contribution in [0.5, 0.6) is 5.75 Å². The maximum Gasteiger partial charge on any atom is 0.154 e. The molecule has 108 valence electrons. The minimum absolute atomic E-state index is 0.143. The Labute approximate surface area is 116 Å². The molecule has 0 aliphatic heterocycles. The van der Waals surface area contributed by atoms with E-state index in [2.05, 4.69) is 5.32 Å². The molecule has 0 aliphatic carbocycles. The first-order valence-electron chi connectivity index (χ1n) is 6.22. The number of ether oxygens (including phenoxy) is 1. The van der Waals surface area contributed by atoms with Crippen LogP contribution in [-0.2, 0) is 16.3 Å². The molecule has 1 atom stereocenters. The number of sulfone groups is 1. The summed E-state index contributed by atoms with van der Waals surface area (Å²) >= 11 is 0. The Morgan fingerprint density at radius 1 is 1.26 bits per heavy atom. The van der Waals surface area contributed by atoms with E-state index in [0.717, 1.165) is 11.3 Å². The van der Waals surface area contributed by atoms with Gasteiger partial charge in [0.25, 0.3) is 0 Å². The second-order valence-electron chi connectivity index (χ2n) is 5.27. The van der Waals surface area contributed by atoms with E-state index in [1.54, 1.807) is 28.0 Å². The topological polar surface area (TPSA) is 55.4 Å². The Morgan fingerprint density at radius 2 is 1.79 bits per heavy atom. The standard InChI is InChI=1S/C14H23NO3S/c1-14(2,19(5,16)17)13(15-3)10-11-6-8-12(18-4)9-7-11/h6-9,13,15H,10H2,1-5H3. The summed E-state index contributed by atoms with van der Waals surface area (Å²) in [5, 5.41) is 3.12. The predicted molar refractivity (Wildman–Crippen MR) is 78.5 cm³/mol. The third-order valence-corrected chi connectivity index (χ3v) is 5.94. The van der Waals surface area contributed by atoms with Crippen molar-refractivity contribution in [1.82, 2.24) is 5.32 Å². The molecule has 1 unspecified atom stereocenters. The molecule has 1 rings (SSSR count). The van der Waals surface area contributed by atoms with Gasteiger partial charge < -0.3 is 10.1 Å². The zero-order valence-corrected chi connectivity index (χ0v) is 13.0. The molecule has 1 aromatic carbocycles. The smallest absolute Gasteiger partial charge is 0.154 e. The van der Waals surface area contributed by atoms with Crippen molar-refractivity contribution in [2.24, 2.45) is 0 Å². The van der Waals surface area contributed by atoms with Crippen LogP contribution in [-0.4, -0.2) is 39.6 Å². The van der Waals surface area contributed by atoms with Gasteiger partial charge in [-0.15, -0.1) is 0 Å². The summed E-state index contributed by atoms with van der Waals surface area (Å²) in [5.41, 5.74) is 1.08. The second-order valence-corrected chi connectivity index (χ2v) is 7.87. The van der Waals surface area contributed by atoms with E-state index in [9.17, 15) is 8.42 Å². The van der Waals surface area contributed by atoms with Crippen LogP contribution in [0.25, 0.3) is 0 Å². The molecule has 1 N–H and O–H groups in total. The summed E-state index contributed by atoms with van der Waals surface area (Å²) in [6.45, 7) is 3.51. The average molecular weight is 285 g/mol. The van der Waals surface area contributed by atoms with E-state index in [1.807, 2.05) is 24.3 Å². The largest absolute Gasteiger partial charge is 0.497 e. The molecule has 0 heterocycles. The molecular weight excluding hydrogens is 262 g/mol. The molecule has 0 saturated carbocycles. The first kappa shape index (κ1) is 16.0. The molecule has 0 spiro atoms. The third-order valence-electron chi connectivity index (χ3n) is 3.74. The molecule has 0 aromatic heterocycles. The normalized spacial score (nSPS) is 14.2. The first-order valence-corrected chi connectivity index (χ1v) is 8.11. The van der Waals surface area contributed by atoms with Crippen molar-refractivity contribution < 1.29 is 13.2 Å². The molecule has 0 radical (unpaired) electrons. The maximum atomic E-state index is 11.9. The van der Waals surface area contributed by atoms with Crippen LogP contribution in [0, 0.1) is 0 Å². The van der Waals surface area contributed by atoms with Gasteiger partial charge >= 0.3 is 0 Å². The van der Waals surface area contributed by atoms with Crippen LogP contribution < -0.4 is 10.1 Å². The van der Waals surface area contributed by atoms with Gasteiger partial charge in [0.05, 0.1) is 11.9 Å². The number of nitrogens with one attached hydrogen (secondary N) is 1. The minimum Gasteiger partial charge on any atom is -0.497 e. The SMILES string of the molecule is CNC(Cc1ccc(OC)cc1)C(C)(C)S(C)(=O)=O. The maximum absolute atomic E-state index is 11.9. The molecule has 0 aliphatic rings. The molecule has 0 amide bonds. The average Bonchev–Trinajstić information content (AvgIpc) is 2.35. The van der Waals surface area contributed by atoms with Crippen LogP contribution in [0.15, 0.2) is 24.3 Å². The van der Waals surface area contributed by atoms with Crippen molar-refractivity contribution in [3.8, 4) is 5.75 Å². The number of methoxy groups -OCH3 is 1. The third kappa shape index (κ3) is 3.70. The fraction of sp³-hybridized carbons (Fsp3) is 0.571. The number of hydrogen-bond donors (Lipinski definition) is 1. The van der Waals surface area contributed by atoms with Crippen LogP contribution in [0.3, 0.4) is 0 Å². The summed E-state index contributed by atoms with van der Waals surface area (Å²) in [6.07, 6.45) is 1.94. The fourth-order valence-electron chi connectivity index (χ4n) is 1.95. The summed E-state index contributed by atoms with van der Waals surface area (Å²) in [4.78, 5) is 0. The van der Waals surface area contributed by atoms with Crippen LogP contribution >= 0.6 is 0 Å². The Kier molecular flexibility index (Phi) is 4.98.